The van der Waals surface area contributed by atoms with E-state index in [1.165, 1.54) is 12.1 Å². The van der Waals surface area contributed by atoms with E-state index in [1.54, 1.807) is 37.8 Å². The van der Waals surface area contributed by atoms with E-state index in [0.29, 0.717) is 0 Å². The summed E-state index contributed by atoms with van der Waals surface area (Å²) in [4.78, 5) is 0. The normalized spacial score (nSPS) is 15.1. The Morgan fingerprint density at radius 3 is 2.00 bits per heavy atom. The van der Waals surface area contributed by atoms with E-state index in [4.69, 9.17) is 0 Å². The molecule has 0 radical (unpaired) electrons. The number of aliphatic hydroxyl groups excluding tert-OH is 1. The van der Waals surface area contributed by atoms with Gasteiger partial charge in [0.15, 0.2) is 0 Å². The summed E-state index contributed by atoms with van der Waals surface area (Å²) in [5.74, 6) is 0. The molecule has 0 fully saturated rings. The standard InChI is InChI=1S/C11H16F2OSi/c1-15(2,3)11(12,13)10(14)9-7-5-4-6-8-9/h4-8,10,14H,1-3H3. The molecule has 0 aliphatic heterocycles. The van der Waals surface area contributed by atoms with Crippen LogP contribution >= 0.6 is 0 Å². The average Bonchev–Trinajstić information content (AvgIpc) is 2.16. The molecule has 0 aromatic heterocycles. The highest BCUT2D eigenvalue weighted by molar-refractivity contribution is 6.78. The van der Waals surface area contributed by atoms with Crippen molar-refractivity contribution in [3.05, 3.63) is 35.9 Å². The van der Waals surface area contributed by atoms with Gasteiger partial charge < -0.3 is 5.11 Å². The van der Waals surface area contributed by atoms with Gasteiger partial charge in [0.05, 0.1) is 0 Å². The van der Waals surface area contributed by atoms with Gasteiger partial charge in [-0.15, -0.1) is 0 Å². The Morgan fingerprint density at radius 2 is 1.60 bits per heavy atom. The van der Waals surface area contributed by atoms with Crippen LogP contribution in [0.1, 0.15) is 11.7 Å². The zero-order valence-corrected chi connectivity index (χ0v) is 10.2. The predicted molar refractivity (Wildman–Crippen MR) is 59.7 cm³/mol. The second-order valence-corrected chi connectivity index (χ2v) is 9.85. The third-order valence-corrected chi connectivity index (χ3v) is 4.73. The van der Waals surface area contributed by atoms with Crippen molar-refractivity contribution in [2.24, 2.45) is 0 Å². The summed E-state index contributed by atoms with van der Waals surface area (Å²) in [6.45, 7) is 4.66. The SMILES string of the molecule is C[Si](C)(C)C(F)(F)C(O)c1ccccc1. The molecule has 0 aliphatic rings. The van der Waals surface area contributed by atoms with E-state index in [9.17, 15) is 13.9 Å². The highest BCUT2D eigenvalue weighted by atomic mass is 28.3. The predicted octanol–water partition coefficient (Wildman–Crippen LogP) is 3.23. The monoisotopic (exact) mass is 230 g/mol. The first-order valence-electron chi connectivity index (χ1n) is 4.87. The van der Waals surface area contributed by atoms with E-state index in [1.807, 2.05) is 0 Å². The van der Waals surface area contributed by atoms with Crippen LogP contribution in [0.2, 0.25) is 19.6 Å². The van der Waals surface area contributed by atoms with E-state index in [0.717, 1.165) is 0 Å². The highest BCUT2D eigenvalue weighted by Gasteiger charge is 2.51. The molecule has 0 heterocycles. The van der Waals surface area contributed by atoms with Gasteiger partial charge in [0.1, 0.15) is 14.2 Å². The van der Waals surface area contributed by atoms with Crippen molar-refractivity contribution >= 4 is 8.07 Å². The van der Waals surface area contributed by atoms with Gasteiger partial charge in [0.2, 0.25) is 0 Å². The topological polar surface area (TPSA) is 20.2 Å². The molecule has 84 valence electrons. The third-order valence-electron chi connectivity index (χ3n) is 2.46. The summed E-state index contributed by atoms with van der Waals surface area (Å²) in [6.07, 6.45) is -1.69. The Balaban J connectivity index is 3.00. The molecule has 1 aromatic carbocycles. The van der Waals surface area contributed by atoms with Crippen LogP contribution in [0, 0.1) is 0 Å². The minimum Gasteiger partial charge on any atom is -0.383 e. The Labute approximate surface area is 89.8 Å². The zero-order valence-electron chi connectivity index (χ0n) is 9.17. The molecule has 0 saturated carbocycles. The molecular formula is C11H16F2OSi. The maximum atomic E-state index is 13.8. The van der Waals surface area contributed by atoms with Crippen molar-refractivity contribution in [1.29, 1.82) is 0 Å². The van der Waals surface area contributed by atoms with Crippen LogP contribution in [0.5, 0.6) is 0 Å². The molecule has 4 heteroatoms. The van der Waals surface area contributed by atoms with E-state index < -0.39 is 19.7 Å². The number of aliphatic hydroxyl groups is 1. The lowest BCUT2D eigenvalue weighted by Crippen LogP contribution is -2.49. The largest absolute Gasteiger partial charge is 0.383 e. The van der Waals surface area contributed by atoms with Crippen molar-refractivity contribution < 1.29 is 13.9 Å². The van der Waals surface area contributed by atoms with Crippen LogP contribution in [-0.4, -0.2) is 18.7 Å². The number of alkyl halides is 2. The number of hydrogen-bond donors (Lipinski definition) is 1. The van der Waals surface area contributed by atoms with Gasteiger partial charge >= 0.3 is 0 Å². The Bertz CT molecular complexity index is 319. The molecule has 0 saturated heterocycles. The van der Waals surface area contributed by atoms with Crippen LogP contribution in [0.3, 0.4) is 0 Å². The number of rotatable bonds is 3. The summed E-state index contributed by atoms with van der Waals surface area (Å²) < 4.78 is 27.6. The lowest BCUT2D eigenvalue weighted by Gasteiger charge is -2.32. The second kappa shape index (κ2) is 4.02. The molecule has 0 spiro atoms. The summed E-state index contributed by atoms with van der Waals surface area (Å²) in [5, 5.41) is 9.67. The summed E-state index contributed by atoms with van der Waals surface area (Å²) in [7, 11) is -2.71. The van der Waals surface area contributed by atoms with Crippen molar-refractivity contribution in [2.45, 2.75) is 31.3 Å². The lowest BCUT2D eigenvalue weighted by molar-refractivity contribution is -0.0523. The smallest absolute Gasteiger partial charge is 0.257 e. The minimum absolute atomic E-state index is 0.282. The maximum absolute atomic E-state index is 13.8. The number of halogens is 2. The first-order valence-corrected chi connectivity index (χ1v) is 8.37. The first-order chi connectivity index (χ1) is 6.77. The first kappa shape index (κ1) is 12.3. The van der Waals surface area contributed by atoms with E-state index >= 15 is 0 Å². The number of hydrogen-bond acceptors (Lipinski definition) is 1. The van der Waals surface area contributed by atoms with Gasteiger partial charge in [0.25, 0.3) is 5.55 Å². The minimum atomic E-state index is -3.01. The Morgan fingerprint density at radius 1 is 1.13 bits per heavy atom. The van der Waals surface area contributed by atoms with Crippen LogP contribution < -0.4 is 0 Å². The van der Waals surface area contributed by atoms with Gasteiger partial charge in [-0.05, 0) is 5.56 Å². The lowest BCUT2D eigenvalue weighted by atomic mass is 10.1. The zero-order chi connectivity index (χ0) is 11.7. The molecule has 1 atom stereocenters. The van der Waals surface area contributed by atoms with Crippen LogP contribution in [0.4, 0.5) is 8.78 Å². The molecule has 0 amide bonds. The Hall–Kier alpha value is -0.743. The van der Waals surface area contributed by atoms with Crippen molar-refractivity contribution in [2.75, 3.05) is 0 Å². The van der Waals surface area contributed by atoms with Gasteiger partial charge in [-0.1, -0.05) is 50.0 Å². The summed E-state index contributed by atoms with van der Waals surface area (Å²) in [5.41, 5.74) is -2.72. The van der Waals surface area contributed by atoms with Gasteiger partial charge in [-0.25, -0.2) is 8.78 Å². The molecule has 15 heavy (non-hydrogen) atoms. The van der Waals surface area contributed by atoms with E-state index in [-0.39, 0.29) is 5.56 Å². The molecule has 1 nitrogen and oxygen atoms in total. The molecule has 0 aliphatic carbocycles. The second-order valence-electron chi connectivity index (χ2n) is 4.69. The van der Waals surface area contributed by atoms with Gasteiger partial charge in [-0.2, -0.15) is 0 Å². The van der Waals surface area contributed by atoms with Crippen molar-refractivity contribution in [1.82, 2.24) is 0 Å². The molecule has 0 bridgehead atoms. The number of benzene rings is 1. The molecule has 1 N–H and O–H groups in total. The Kier molecular flexibility index (Phi) is 3.30. The average molecular weight is 230 g/mol. The third kappa shape index (κ3) is 2.44. The fourth-order valence-electron chi connectivity index (χ4n) is 1.25. The van der Waals surface area contributed by atoms with E-state index in [2.05, 4.69) is 0 Å². The quantitative estimate of drug-likeness (QED) is 0.790. The maximum Gasteiger partial charge on any atom is 0.257 e. The summed E-state index contributed by atoms with van der Waals surface area (Å²) >= 11 is 0. The van der Waals surface area contributed by atoms with Crippen molar-refractivity contribution in [3.8, 4) is 0 Å². The van der Waals surface area contributed by atoms with Crippen LogP contribution in [-0.2, 0) is 0 Å². The molecule has 1 unspecified atom stereocenters. The fraction of sp³-hybridized carbons (Fsp3) is 0.455. The fourth-order valence-corrected chi connectivity index (χ4v) is 2.24. The summed E-state index contributed by atoms with van der Waals surface area (Å²) in [6, 6.07) is 8.10. The molecule has 1 aromatic rings. The van der Waals surface area contributed by atoms with Crippen LogP contribution in [0.25, 0.3) is 0 Å². The molecule has 1 rings (SSSR count). The molecular weight excluding hydrogens is 214 g/mol. The van der Waals surface area contributed by atoms with Crippen LogP contribution in [0.15, 0.2) is 30.3 Å². The van der Waals surface area contributed by atoms with Crippen molar-refractivity contribution in [3.63, 3.8) is 0 Å². The van der Waals surface area contributed by atoms with Gasteiger partial charge in [-0.3, -0.25) is 0 Å². The highest BCUT2D eigenvalue weighted by Crippen LogP contribution is 2.38. The van der Waals surface area contributed by atoms with Gasteiger partial charge in [0, 0.05) is 0 Å².